The number of benzene rings is 2. The number of carbonyl (C=O) groups is 1. The fourth-order valence-corrected chi connectivity index (χ4v) is 3.77. The number of nitrogens with one attached hydrogen (secondary N) is 1. The zero-order chi connectivity index (χ0) is 19.3. The summed E-state index contributed by atoms with van der Waals surface area (Å²) in [5.74, 6) is -0.0923. The third kappa shape index (κ3) is 4.22. The van der Waals surface area contributed by atoms with Crippen LogP contribution in [0.15, 0.2) is 42.5 Å². The molecule has 146 valence electrons. The SMILES string of the molecule is CCn1nnc2cc(C(=O)NCc3ccc(CN4CCCCC4)cc3)ccc21. The summed E-state index contributed by atoms with van der Waals surface area (Å²) >= 11 is 0. The van der Waals surface area contributed by atoms with Crippen molar-refractivity contribution in [1.29, 1.82) is 0 Å². The van der Waals surface area contributed by atoms with Gasteiger partial charge in [0.15, 0.2) is 0 Å². The van der Waals surface area contributed by atoms with Gasteiger partial charge >= 0.3 is 0 Å². The molecule has 28 heavy (non-hydrogen) atoms. The van der Waals surface area contributed by atoms with E-state index in [2.05, 4.69) is 44.8 Å². The number of amides is 1. The number of hydrogen-bond donors (Lipinski definition) is 1. The minimum atomic E-state index is -0.0923. The van der Waals surface area contributed by atoms with Gasteiger partial charge in [0, 0.05) is 25.2 Å². The van der Waals surface area contributed by atoms with Gasteiger partial charge in [-0.25, -0.2) is 4.68 Å². The molecule has 1 aromatic heterocycles. The van der Waals surface area contributed by atoms with Crippen molar-refractivity contribution in [2.75, 3.05) is 13.1 Å². The Balaban J connectivity index is 1.34. The highest BCUT2D eigenvalue weighted by molar-refractivity contribution is 5.97. The quantitative estimate of drug-likeness (QED) is 0.715. The van der Waals surface area contributed by atoms with Crippen LogP contribution in [0.1, 0.15) is 47.7 Å². The van der Waals surface area contributed by atoms with Gasteiger partial charge in [-0.05, 0) is 62.2 Å². The maximum atomic E-state index is 12.5. The van der Waals surface area contributed by atoms with Crippen LogP contribution in [0.5, 0.6) is 0 Å². The molecule has 6 heteroatoms. The third-order valence-corrected chi connectivity index (χ3v) is 5.41. The smallest absolute Gasteiger partial charge is 0.251 e. The summed E-state index contributed by atoms with van der Waals surface area (Å²) in [6, 6.07) is 14.1. The van der Waals surface area contributed by atoms with Gasteiger partial charge in [-0.2, -0.15) is 0 Å². The predicted octanol–water partition coefficient (Wildman–Crippen LogP) is 3.37. The number of piperidine rings is 1. The maximum Gasteiger partial charge on any atom is 0.251 e. The molecule has 1 fully saturated rings. The minimum Gasteiger partial charge on any atom is -0.348 e. The molecule has 3 aromatic rings. The van der Waals surface area contributed by atoms with E-state index in [0.29, 0.717) is 12.1 Å². The number of hydrogen-bond acceptors (Lipinski definition) is 4. The summed E-state index contributed by atoms with van der Waals surface area (Å²) in [5.41, 5.74) is 4.74. The van der Waals surface area contributed by atoms with Crippen molar-refractivity contribution in [3.05, 3.63) is 59.2 Å². The van der Waals surface area contributed by atoms with E-state index in [4.69, 9.17) is 0 Å². The van der Waals surface area contributed by atoms with Gasteiger partial charge in [0.1, 0.15) is 5.52 Å². The molecular weight excluding hydrogens is 350 g/mol. The lowest BCUT2D eigenvalue weighted by Gasteiger charge is -2.26. The Kier molecular flexibility index (Phi) is 5.67. The van der Waals surface area contributed by atoms with Crippen molar-refractivity contribution in [2.45, 2.75) is 45.8 Å². The van der Waals surface area contributed by atoms with Gasteiger partial charge in [-0.3, -0.25) is 9.69 Å². The van der Waals surface area contributed by atoms with Crippen LogP contribution in [0, 0.1) is 0 Å². The monoisotopic (exact) mass is 377 g/mol. The molecule has 2 heterocycles. The van der Waals surface area contributed by atoms with E-state index >= 15 is 0 Å². The fourth-order valence-electron chi connectivity index (χ4n) is 3.77. The van der Waals surface area contributed by atoms with E-state index in [9.17, 15) is 4.79 Å². The van der Waals surface area contributed by atoms with E-state index in [0.717, 1.165) is 29.7 Å². The van der Waals surface area contributed by atoms with Crippen LogP contribution in [-0.4, -0.2) is 38.9 Å². The van der Waals surface area contributed by atoms with E-state index < -0.39 is 0 Å². The highest BCUT2D eigenvalue weighted by Gasteiger charge is 2.11. The first-order chi connectivity index (χ1) is 13.7. The van der Waals surface area contributed by atoms with Gasteiger partial charge in [0.2, 0.25) is 0 Å². The Bertz CT molecular complexity index is 941. The minimum absolute atomic E-state index is 0.0923. The molecule has 0 bridgehead atoms. The molecule has 6 nitrogen and oxygen atoms in total. The second-order valence-corrected chi connectivity index (χ2v) is 7.44. The van der Waals surface area contributed by atoms with Crippen LogP contribution in [0.25, 0.3) is 11.0 Å². The van der Waals surface area contributed by atoms with Crippen molar-refractivity contribution in [3.8, 4) is 0 Å². The molecule has 2 aromatic carbocycles. The molecule has 0 saturated carbocycles. The Hall–Kier alpha value is -2.73. The third-order valence-electron chi connectivity index (χ3n) is 5.41. The van der Waals surface area contributed by atoms with Gasteiger partial charge < -0.3 is 5.32 Å². The van der Waals surface area contributed by atoms with Crippen LogP contribution in [0.3, 0.4) is 0 Å². The number of nitrogens with zero attached hydrogens (tertiary/aromatic N) is 4. The predicted molar refractivity (Wildman–Crippen MR) is 110 cm³/mol. The molecule has 1 N–H and O–H groups in total. The van der Waals surface area contributed by atoms with Crippen LogP contribution in [0.2, 0.25) is 0 Å². The van der Waals surface area contributed by atoms with Crippen LogP contribution in [-0.2, 0) is 19.6 Å². The van der Waals surface area contributed by atoms with E-state index in [-0.39, 0.29) is 5.91 Å². The van der Waals surface area contributed by atoms with E-state index in [1.165, 1.54) is 37.9 Å². The van der Waals surface area contributed by atoms with Crippen molar-refractivity contribution in [3.63, 3.8) is 0 Å². The van der Waals surface area contributed by atoms with Crippen LogP contribution >= 0.6 is 0 Å². The normalized spacial score (nSPS) is 15.0. The highest BCUT2D eigenvalue weighted by Crippen LogP contribution is 2.15. The summed E-state index contributed by atoms with van der Waals surface area (Å²) in [4.78, 5) is 15.0. The zero-order valence-corrected chi connectivity index (χ0v) is 16.4. The molecule has 1 amide bonds. The molecule has 1 aliphatic heterocycles. The van der Waals surface area contributed by atoms with E-state index in [1.807, 2.05) is 23.7 Å². The van der Waals surface area contributed by atoms with Crippen LogP contribution in [0.4, 0.5) is 0 Å². The number of carbonyl (C=O) groups excluding carboxylic acids is 1. The number of rotatable bonds is 6. The van der Waals surface area contributed by atoms with Gasteiger partial charge in [0.05, 0.1) is 5.52 Å². The molecule has 0 unspecified atom stereocenters. The van der Waals surface area contributed by atoms with Gasteiger partial charge in [0.25, 0.3) is 5.91 Å². The second-order valence-electron chi connectivity index (χ2n) is 7.44. The molecule has 1 saturated heterocycles. The van der Waals surface area contributed by atoms with Crippen molar-refractivity contribution in [1.82, 2.24) is 25.2 Å². The highest BCUT2D eigenvalue weighted by atomic mass is 16.1. The van der Waals surface area contributed by atoms with Crippen molar-refractivity contribution >= 4 is 16.9 Å². The number of likely N-dealkylation sites (tertiary alicyclic amines) is 1. The largest absolute Gasteiger partial charge is 0.348 e. The lowest BCUT2D eigenvalue weighted by Crippen LogP contribution is -2.29. The molecule has 0 spiro atoms. The van der Waals surface area contributed by atoms with Crippen molar-refractivity contribution in [2.24, 2.45) is 0 Å². The average molecular weight is 377 g/mol. The lowest BCUT2D eigenvalue weighted by atomic mass is 10.1. The number of fused-ring (bicyclic) bond motifs is 1. The first-order valence-electron chi connectivity index (χ1n) is 10.1. The standard InChI is InChI=1S/C22H27N5O/c1-2-27-21-11-10-19(14-20(21)24-25-27)22(28)23-15-17-6-8-18(9-7-17)16-26-12-4-3-5-13-26/h6-11,14H,2-5,12-13,15-16H2,1H3,(H,23,28). The van der Waals surface area contributed by atoms with Crippen molar-refractivity contribution < 1.29 is 4.79 Å². The maximum absolute atomic E-state index is 12.5. The summed E-state index contributed by atoms with van der Waals surface area (Å²) in [5, 5.41) is 11.2. The Morgan fingerprint density at radius 1 is 1.04 bits per heavy atom. The topological polar surface area (TPSA) is 63.1 Å². The van der Waals surface area contributed by atoms with Gasteiger partial charge in [-0.1, -0.05) is 35.9 Å². The average Bonchev–Trinajstić information content (AvgIpc) is 3.16. The zero-order valence-electron chi connectivity index (χ0n) is 16.4. The second kappa shape index (κ2) is 8.52. The summed E-state index contributed by atoms with van der Waals surface area (Å²) in [6.07, 6.45) is 3.98. The summed E-state index contributed by atoms with van der Waals surface area (Å²) in [7, 11) is 0. The van der Waals surface area contributed by atoms with Crippen LogP contribution < -0.4 is 5.32 Å². The number of aryl methyl sites for hydroxylation is 1. The first kappa shape index (κ1) is 18.6. The molecular formula is C22H27N5O. The molecule has 0 atom stereocenters. The fraction of sp³-hybridized carbons (Fsp3) is 0.409. The Morgan fingerprint density at radius 3 is 2.54 bits per heavy atom. The van der Waals surface area contributed by atoms with Gasteiger partial charge in [-0.15, -0.1) is 5.10 Å². The Morgan fingerprint density at radius 2 is 1.79 bits per heavy atom. The molecule has 1 aliphatic rings. The van der Waals surface area contributed by atoms with E-state index in [1.54, 1.807) is 6.07 Å². The number of aromatic nitrogens is 3. The molecule has 0 aliphatic carbocycles. The Labute approximate surface area is 165 Å². The summed E-state index contributed by atoms with van der Waals surface area (Å²) < 4.78 is 1.82. The lowest BCUT2D eigenvalue weighted by molar-refractivity contribution is 0.0951. The first-order valence-corrected chi connectivity index (χ1v) is 10.1. The molecule has 0 radical (unpaired) electrons. The summed E-state index contributed by atoms with van der Waals surface area (Å²) in [6.45, 7) is 6.72. The molecule has 4 rings (SSSR count).